The van der Waals surface area contributed by atoms with E-state index < -0.39 is 0 Å². The van der Waals surface area contributed by atoms with Crippen LogP contribution in [0.2, 0.25) is 5.02 Å². The fraction of sp³-hybridized carbons (Fsp3) is 0.167. The van der Waals surface area contributed by atoms with Crippen LogP contribution in [-0.2, 0) is 13.6 Å². The predicted molar refractivity (Wildman–Crippen MR) is 85.4 cm³/mol. The smallest absolute Gasteiger partial charge is 0.171 e. The van der Waals surface area contributed by atoms with Gasteiger partial charge < -0.3 is 10.6 Å². The normalized spacial score (nSPS) is 10.3. The van der Waals surface area contributed by atoms with Gasteiger partial charge in [-0.3, -0.25) is 4.68 Å². The molecule has 1 heterocycles. The Morgan fingerprint density at radius 2 is 2.26 bits per heavy atom. The van der Waals surface area contributed by atoms with Crippen LogP contribution in [0.1, 0.15) is 5.69 Å². The van der Waals surface area contributed by atoms with Gasteiger partial charge in [0, 0.05) is 17.7 Å². The molecule has 100 valence electrons. The van der Waals surface area contributed by atoms with Crippen molar-refractivity contribution in [1.29, 1.82) is 0 Å². The molecule has 0 bridgehead atoms. The molecule has 1 aromatic heterocycles. The molecule has 0 radical (unpaired) electrons. The van der Waals surface area contributed by atoms with Crippen molar-refractivity contribution in [3.63, 3.8) is 0 Å². The van der Waals surface area contributed by atoms with Gasteiger partial charge in [-0.15, -0.1) is 0 Å². The molecule has 0 spiro atoms. The SMILES string of the molecule is Cn1ccc(CNC(=S)Nc2ccc(Br)cc2Cl)n1. The lowest BCUT2D eigenvalue weighted by atomic mass is 10.3. The number of halogens is 2. The van der Waals surface area contributed by atoms with Crippen LogP contribution in [0.25, 0.3) is 0 Å². The fourth-order valence-corrected chi connectivity index (χ4v) is 2.39. The van der Waals surface area contributed by atoms with Crippen LogP contribution in [0.4, 0.5) is 5.69 Å². The number of rotatable bonds is 3. The predicted octanol–water partition coefficient (Wildman–Crippen LogP) is 3.32. The van der Waals surface area contributed by atoms with Gasteiger partial charge in [-0.05, 0) is 36.5 Å². The molecule has 0 saturated heterocycles. The first-order valence-corrected chi connectivity index (χ1v) is 7.11. The summed E-state index contributed by atoms with van der Waals surface area (Å²) in [5.41, 5.74) is 1.69. The average molecular weight is 360 g/mol. The molecule has 0 amide bonds. The zero-order valence-corrected chi connectivity index (χ0v) is 13.3. The fourth-order valence-electron chi connectivity index (χ4n) is 1.49. The van der Waals surface area contributed by atoms with E-state index >= 15 is 0 Å². The molecule has 1 aromatic carbocycles. The Labute approximate surface area is 130 Å². The third-order valence-electron chi connectivity index (χ3n) is 2.38. The number of aryl methyl sites for hydroxylation is 1. The van der Waals surface area contributed by atoms with Crippen LogP contribution < -0.4 is 10.6 Å². The first kappa shape index (κ1) is 14.3. The van der Waals surface area contributed by atoms with Gasteiger partial charge in [-0.1, -0.05) is 27.5 Å². The van der Waals surface area contributed by atoms with Crippen molar-refractivity contribution in [2.45, 2.75) is 6.54 Å². The van der Waals surface area contributed by atoms with Crippen molar-refractivity contribution >= 4 is 50.5 Å². The van der Waals surface area contributed by atoms with E-state index in [0.717, 1.165) is 15.9 Å². The van der Waals surface area contributed by atoms with Crippen molar-refractivity contribution in [2.24, 2.45) is 7.05 Å². The first-order valence-electron chi connectivity index (χ1n) is 5.53. The molecule has 2 aromatic rings. The standard InChI is InChI=1S/C12H12BrClN4S/c1-18-5-4-9(17-18)7-15-12(19)16-11-3-2-8(13)6-10(11)14/h2-6H,7H2,1H3,(H2,15,16,19). The number of hydrogen-bond donors (Lipinski definition) is 2. The first-order chi connectivity index (χ1) is 9.04. The zero-order chi connectivity index (χ0) is 13.8. The quantitative estimate of drug-likeness (QED) is 0.825. The summed E-state index contributed by atoms with van der Waals surface area (Å²) in [5.74, 6) is 0. The van der Waals surface area contributed by atoms with E-state index in [-0.39, 0.29) is 0 Å². The van der Waals surface area contributed by atoms with Gasteiger partial charge in [0.1, 0.15) is 0 Å². The van der Waals surface area contributed by atoms with Crippen molar-refractivity contribution in [1.82, 2.24) is 15.1 Å². The third-order valence-corrected chi connectivity index (χ3v) is 3.43. The maximum atomic E-state index is 6.10. The minimum atomic E-state index is 0.509. The average Bonchev–Trinajstić information content (AvgIpc) is 2.76. The summed E-state index contributed by atoms with van der Waals surface area (Å²) < 4.78 is 2.68. The Kier molecular flexibility index (Phi) is 4.79. The maximum absolute atomic E-state index is 6.10. The summed E-state index contributed by atoms with van der Waals surface area (Å²) in [6.45, 7) is 0.570. The number of aromatic nitrogens is 2. The van der Waals surface area contributed by atoms with E-state index in [1.54, 1.807) is 4.68 Å². The summed E-state index contributed by atoms with van der Waals surface area (Å²) in [4.78, 5) is 0. The lowest BCUT2D eigenvalue weighted by molar-refractivity contribution is 0.731. The molecule has 0 saturated carbocycles. The van der Waals surface area contributed by atoms with Gasteiger partial charge in [0.15, 0.2) is 5.11 Å². The van der Waals surface area contributed by atoms with Crippen molar-refractivity contribution in [3.8, 4) is 0 Å². The molecular formula is C12H12BrClN4S. The second kappa shape index (κ2) is 6.36. The second-order valence-corrected chi connectivity index (χ2v) is 5.64. The molecule has 0 unspecified atom stereocenters. The lowest BCUT2D eigenvalue weighted by Crippen LogP contribution is -2.28. The third kappa shape index (κ3) is 4.19. The second-order valence-electron chi connectivity index (χ2n) is 3.91. The molecule has 2 N–H and O–H groups in total. The zero-order valence-electron chi connectivity index (χ0n) is 10.2. The van der Waals surface area contributed by atoms with Crippen LogP contribution in [0.15, 0.2) is 34.9 Å². The number of anilines is 1. The highest BCUT2D eigenvalue weighted by Crippen LogP contribution is 2.25. The molecule has 0 aliphatic rings. The summed E-state index contributed by atoms with van der Waals surface area (Å²) >= 11 is 14.7. The Balaban J connectivity index is 1.90. The van der Waals surface area contributed by atoms with E-state index in [4.69, 9.17) is 23.8 Å². The van der Waals surface area contributed by atoms with Crippen LogP contribution in [0.3, 0.4) is 0 Å². The minimum Gasteiger partial charge on any atom is -0.357 e. The molecule has 7 heteroatoms. The number of nitrogens with zero attached hydrogens (tertiary/aromatic N) is 2. The molecule has 0 aliphatic heterocycles. The van der Waals surface area contributed by atoms with Crippen LogP contribution in [-0.4, -0.2) is 14.9 Å². The highest BCUT2D eigenvalue weighted by atomic mass is 79.9. The summed E-state index contributed by atoms with van der Waals surface area (Å²) in [6.07, 6.45) is 1.89. The van der Waals surface area contributed by atoms with Gasteiger partial charge in [0.05, 0.1) is 22.9 Å². The Bertz CT molecular complexity index is 599. The van der Waals surface area contributed by atoms with Gasteiger partial charge >= 0.3 is 0 Å². The molecule has 19 heavy (non-hydrogen) atoms. The van der Waals surface area contributed by atoms with Crippen molar-refractivity contribution in [3.05, 3.63) is 45.7 Å². The van der Waals surface area contributed by atoms with E-state index in [2.05, 4.69) is 31.7 Å². The van der Waals surface area contributed by atoms with Crippen molar-refractivity contribution in [2.75, 3.05) is 5.32 Å². The van der Waals surface area contributed by atoms with E-state index in [1.165, 1.54) is 0 Å². The van der Waals surface area contributed by atoms with Crippen LogP contribution in [0, 0.1) is 0 Å². The van der Waals surface area contributed by atoms with E-state index in [0.29, 0.717) is 16.7 Å². The monoisotopic (exact) mass is 358 g/mol. The highest BCUT2D eigenvalue weighted by molar-refractivity contribution is 9.10. The Morgan fingerprint density at radius 3 is 2.89 bits per heavy atom. The molecule has 4 nitrogen and oxygen atoms in total. The van der Waals surface area contributed by atoms with E-state index in [9.17, 15) is 0 Å². The topological polar surface area (TPSA) is 41.9 Å². The Hall–Kier alpha value is -1.11. The van der Waals surface area contributed by atoms with Gasteiger partial charge in [0.2, 0.25) is 0 Å². The number of benzene rings is 1. The molecule has 2 rings (SSSR count). The summed E-state index contributed by atoms with van der Waals surface area (Å²) in [7, 11) is 1.88. The molecule has 0 fully saturated rings. The Morgan fingerprint density at radius 1 is 1.47 bits per heavy atom. The van der Waals surface area contributed by atoms with E-state index in [1.807, 2.05) is 37.5 Å². The minimum absolute atomic E-state index is 0.509. The number of thiocarbonyl (C=S) groups is 1. The maximum Gasteiger partial charge on any atom is 0.171 e. The molecular weight excluding hydrogens is 348 g/mol. The largest absolute Gasteiger partial charge is 0.357 e. The van der Waals surface area contributed by atoms with Gasteiger partial charge in [-0.25, -0.2) is 0 Å². The van der Waals surface area contributed by atoms with Crippen molar-refractivity contribution < 1.29 is 0 Å². The summed E-state index contributed by atoms with van der Waals surface area (Å²) in [5, 5.41) is 11.5. The van der Waals surface area contributed by atoms with Gasteiger partial charge in [-0.2, -0.15) is 5.10 Å². The highest BCUT2D eigenvalue weighted by Gasteiger charge is 2.04. The lowest BCUT2D eigenvalue weighted by Gasteiger charge is -2.11. The summed E-state index contributed by atoms with van der Waals surface area (Å²) in [6, 6.07) is 7.50. The molecule has 0 aliphatic carbocycles. The van der Waals surface area contributed by atoms with Crippen LogP contribution in [0.5, 0.6) is 0 Å². The van der Waals surface area contributed by atoms with Gasteiger partial charge in [0.25, 0.3) is 0 Å². The number of nitrogens with one attached hydrogen (secondary N) is 2. The molecule has 0 atom stereocenters. The number of hydrogen-bond acceptors (Lipinski definition) is 2. The van der Waals surface area contributed by atoms with Crippen LogP contribution >= 0.6 is 39.7 Å².